The maximum Gasteiger partial charge on any atom is 0.261 e. The van der Waals surface area contributed by atoms with Gasteiger partial charge in [0, 0.05) is 0 Å². The number of nitrogens with one attached hydrogen (secondary N) is 1. The minimum atomic E-state index is -0.376. The van der Waals surface area contributed by atoms with Crippen LogP contribution in [0.25, 0.3) is 0 Å². The maximum absolute atomic E-state index is 12.4. The van der Waals surface area contributed by atoms with Crippen LogP contribution >= 0.6 is 0 Å². The quantitative estimate of drug-likeness (QED) is 0.880. The first kappa shape index (κ1) is 15.6. The topological polar surface area (TPSA) is 82.6 Å². The third kappa shape index (κ3) is 3.63. The van der Waals surface area contributed by atoms with Gasteiger partial charge in [0.1, 0.15) is 5.75 Å². The summed E-state index contributed by atoms with van der Waals surface area (Å²) in [7, 11) is 2.94. The fourth-order valence-corrected chi connectivity index (χ4v) is 1.77. The van der Waals surface area contributed by atoms with Crippen molar-refractivity contribution in [3.05, 3.63) is 35.9 Å². The van der Waals surface area contributed by atoms with Gasteiger partial charge >= 0.3 is 0 Å². The van der Waals surface area contributed by atoms with Crippen LogP contribution in [0.2, 0.25) is 0 Å². The van der Waals surface area contributed by atoms with Crippen molar-refractivity contribution in [2.45, 2.75) is 6.92 Å². The molecule has 0 spiro atoms. The molecule has 0 aliphatic heterocycles. The highest BCUT2D eigenvalue weighted by molar-refractivity contribution is 6.05. The molecular weight excluding hydrogens is 286 g/mol. The van der Waals surface area contributed by atoms with E-state index >= 15 is 0 Å². The lowest BCUT2D eigenvalue weighted by Gasteiger charge is -2.10. The van der Waals surface area contributed by atoms with Crippen LogP contribution in [0, 0.1) is 0 Å². The van der Waals surface area contributed by atoms with Gasteiger partial charge in [0.25, 0.3) is 5.91 Å². The summed E-state index contributed by atoms with van der Waals surface area (Å²) < 4.78 is 15.5. The van der Waals surface area contributed by atoms with Crippen LogP contribution in [0.15, 0.2) is 30.3 Å². The lowest BCUT2D eigenvalue weighted by atomic mass is 10.2. The SMILES string of the molecule is CCOc1ccccc1C(=O)Nc1nc(OC)cc(OC)n1. The molecule has 0 aliphatic rings. The first-order chi connectivity index (χ1) is 10.7. The third-order valence-corrected chi connectivity index (χ3v) is 2.75. The van der Waals surface area contributed by atoms with E-state index in [4.69, 9.17) is 14.2 Å². The van der Waals surface area contributed by atoms with E-state index in [1.807, 2.05) is 6.92 Å². The highest BCUT2D eigenvalue weighted by Crippen LogP contribution is 2.21. The highest BCUT2D eigenvalue weighted by atomic mass is 16.5. The maximum atomic E-state index is 12.4. The number of hydrogen-bond acceptors (Lipinski definition) is 6. The smallest absolute Gasteiger partial charge is 0.261 e. The zero-order valence-corrected chi connectivity index (χ0v) is 12.6. The molecule has 7 nitrogen and oxygen atoms in total. The molecule has 7 heteroatoms. The molecule has 0 saturated heterocycles. The van der Waals surface area contributed by atoms with Crippen LogP contribution in [0.4, 0.5) is 5.95 Å². The monoisotopic (exact) mass is 303 g/mol. The van der Waals surface area contributed by atoms with Crippen molar-refractivity contribution < 1.29 is 19.0 Å². The van der Waals surface area contributed by atoms with Gasteiger partial charge in [0.2, 0.25) is 17.7 Å². The van der Waals surface area contributed by atoms with Crippen molar-refractivity contribution in [1.29, 1.82) is 0 Å². The zero-order valence-electron chi connectivity index (χ0n) is 12.6. The third-order valence-electron chi connectivity index (χ3n) is 2.75. The Bertz CT molecular complexity index is 639. The van der Waals surface area contributed by atoms with Gasteiger partial charge in [-0.3, -0.25) is 10.1 Å². The highest BCUT2D eigenvalue weighted by Gasteiger charge is 2.14. The summed E-state index contributed by atoms with van der Waals surface area (Å²) in [5.74, 6) is 0.796. The number of para-hydroxylation sites is 1. The van der Waals surface area contributed by atoms with E-state index in [9.17, 15) is 4.79 Å². The van der Waals surface area contributed by atoms with Gasteiger partial charge in [-0.25, -0.2) is 0 Å². The van der Waals surface area contributed by atoms with Gasteiger partial charge < -0.3 is 14.2 Å². The van der Waals surface area contributed by atoms with E-state index in [2.05, 4.69) is 15.3 Å². The Kier molecular flexibility index (Phi) is 5.13. The molecule has 2 aromatic rings. The Hall–Kier alpha value is -2.83. The lowest BCUT2D eigenvalue weighted by Crippen LogP contribution is -2.16. The number of ether oxygens (including phenoxy) is 3. The van der Waals surface area contributed by atoms with Crippen LogP contribution < -0.4 is 19.5 Å². The van der Waals surface area contributed by atoms with Crippen LogP contribution in [0.5, 0.6) is 17.5 Å². The fraction of sp³-hybridized carbons (Fsp3) is 0.267. The van der Waals surface area contributed by atoms with E-state index in [1.54, 1.807) is 24.3 Å². The summed E-state index contributed by atoms with van der Waals surface area (Å²) >= 11 is 0. The molecule has 0 fully saturated rings. The Labute approximate surface area is 128 Å². The standard InChI is InChI=1S/C15H17N3O4/c1-4-22-11-8-6-5-7-10(11)14(19)18-15-16-12(20-2)9-13(17-15)21-3/h5-9H,4H2,1-3H3,(H,16,17,18,19). The minimum Gasteiger partial charge on any atom is -0.493 e. The van der Waals surface area contributed by atoms with Gasteiger partial charge in [0.15, 0.2) is 0 Å². The number of methoxy groups -OCH3 is 2. The van der Waals surface area contributed by atoms with Crippen LogP contribution in [-0.2, 0) is 0 Å². The summed E-state index contributed by atoms with van der Waals surface area (Å²) in [6, 6.07) is 8.46. The second-order valence-electron chi connectivity index (χ2n) is 4.16. The summed E-state index contributed by atoms with van der Waals surface area (Å²) in [5.41, 5.74) is 0.398. The molecular formula is C15H17N3O4. The number of carbonyl (C=O) groups excluding carboxylic acids is 1. The van der Waals surface area contributed by atoms with E-state index in [0.717, 1.165) is 0 Å². The Morgan fingerprint density at radius 1 is 1.14 bits per heavy atom. The predicted octanol–water partition coefficient (Wildman–Crippen LogP) is 2.14. The number of hydrogen-bond donors (Lipinski definition) is 1. The molecule has 0 radical (unpaired) electrons. The van der Waals surface area contributed by atoms with Gasteiger partial charge in [-0.15, -0.1) is 0 Å². The molecule has 0 bridgehead atoms. The van der Waals surface area contributed by atoms with E-state index in [-0.39, 0.29) is 11.9 Å². The normalized spacial score (nSPS) is 9.95. The predicted molar refractivity (Wildman–Crippen MR) is 80.7 cm³/mol. The van der Waals surface area contributed by atoms with E-state index in [0.29, 0.717) is 29.7 Å². The number of rotatable bonds is 6. The van der Waals surface area contributed by atoms with Crippen molar-refractivity contribution in [2.75, 3.05) is 26.1 Å². The molecule has 1 N–H and O–H groups in total. The first-order valence-corrected chi connectivity index (χ1v) is 6.68. The van der Waals surface area contributed by atoms with Crippen molar-refractivity contribution in [1.82, 2.24) is 9.97 Å². The number of nitrogens with zero attached hydrogens (tertiary/aromatic N) is 2. The molecule has 0 atom stereocenters. The van der Waals surface area contributed by atoms with Crippen LogP contribution in [0.3, 0.4) is 0 Å². The molecule has 0 saturated carbocycles. The van der Waals surface area contributed by atoms with E-state index < -0.39 is 0 Å². The number of anilines is 1. The zero-order chi connectivity index (χ0) is 15.9. The number of aromatic nitrogens is 2. The fourth-order valence-electron chi connectivity index (χ4n) is 1.77. The lowest BCUT2D eigenvalue weighted by molar-refractivity contribution is 0.102. The first-order valence-electron chi connectivity index (χ1n) is 6.68. The molecule has 0 aliphatic carbocycles. The molecule has 116 valence electrons. The summed E-state index contributed by atoms with van der Waals surface area (Å²) in [4.78, 5) is 20.5. The molecule has 1 amide bonds. The Morgan fingerprint density at radius 2 is 1.77 bits per heavy atom. The van der Waals surface area contributed by atoms with Crippen LogP contribution in [0.1, 0.15) is 17.3 Å². The average molecular weight is 303 g/mol. The molecule has 1 aromatic heterocycles. The van der Waals surface area contributed by atoms with Crippen molar-refractivity contribution in [3.8, 4) is 17.5 Å². The van der Waals surface area contributed by atoms with Gasteiger partial charge in [-0.05, 0) is 19.1 Å². The number of carbonyl (C=O) groups is 1. The number of benzene rings is 1. The summed E-state index contributed by atoms with van der Waals surface area (Å²) in [5, 5.41) is 2.61. The molecule has 2 rings (SSSR count). The van der Waals surface area contributed by atoms with Crippen LogP contribution in [-0.4, -0.2) is 36.7 Å². The van der Waals surface area contributed by atoms with Crippen molar-refractivity contribution in [3.63, 3.8) is 0 Å². The Morgan fingerprint density at radius 3 is 2.36 bits per heavy atom. The summed E-state index contributed by atoms with van der Waals surface area (Å²) in [6.45, 7) is 2.32. The molecule has 1 heterocycles. The Balaban J connectivity index is 2.25. The van der Waals surface area contributed by atoms with E-state index in [1.165, 1.54) is 20.3 Å². The molecule has 0 unspecified atom stereocenters. The minimum absolute atomic E-state index is 0.0903. The summed E-state index contributed by atoms with van der Waals surface area (Å²) in [6.07, 6.45) is 0. The number of amides is 1. The molecule has 22 heavy (non-hydrogen) atoms. The molecule has 1 aromatic carbocycles. The van der Waals surface area contributed by atoms with Gasteiger partial charge in [0.05, 0.1) is 32.5 Å². The second kappa shape index (κ2) is 7.26. The second-order valence-corrected chi connectivity index (χ2v) is 4.16. The largest absolute Gasteiger partial charge is 0.493 e. The van der Waals surface area contributed by atoms with Crippen molar-refractivity contribution >= 4 is 11.9 Å². The van der Waals surface area contributed by atoms with Gasteiger partial charge in [-0.1, -0.05) is 12.1 Å². The van der Waals surface area contributed by atoms with Crippen molar-refractivity contribution in [2.24, 2.45) is 0 Å². The average Bonchev–Trinajstić information content (AvgIpc) is 2.55. The van der Waals surface area contributed by atoms with Gasteiger partial charge in [-0.2, -0.15) is 9.97 Å².